The van der Waals surface area contributed by atoms with Gasteiger partial charge in [0.15, 0.2) is 0 Å². The fourth-order valence-corrected chi connectivity index (χ4v) is 1.96. The molecule has 0 saturated heterocycles. The van der Waals surface area contributed by atoms with E-state index in [4.69, 9.17) is 5.11 Å². The third kappa shape index (κ3) is 4.53. The van der Waals surface area contributed by atoms with Gasteiger partial charge in [-0.05, 0) is 37.1 Å². The summed E-state index contributed by atoms with van der Waals surface area (Å²) in [5, 5.41) is 8.61. The second-order valence-electron chi connectivity index (χ2n) is 4.85. The van der Waals surface area contributed by atoms with Gasteiger partial charge in [0.25, 0.3) is 5.91 Å². The zero-order valence-electron chi connectivity index (χ0n) is 12.2. The van der Waals surface area contributed by atoms with Crippen molar-refractivity contribution >= 4 is 18.0 Å². The lowest BCUT2D eigenvalue weighted by Crippen LogP contribution is -2.34. The van der Waals surface area contributed by atoms with Crippen LogP contribution < -0.4 is 0 Å². The second-order valence-corrected chi connectivity index (χ2v) is 4.85. The summed E-state index contributed by atoms with van der Waals surface area (Å²) < 4.78 is 0. The van der Waals surface area contributed by atoms with Crippen LogP contribution in [0.15, 0.2) is 30.3 Å². The van der Waals surface area contributed by atoms with Gasteiger partial charge in [0.1, 0.15) is 0 Å². The van der Waals surface area contributed by atoms with Gasteiger partial charge >= 0.3 is 5.97 Å². The Labute approximate surface area is 119 Å². The van der Waals surface area contributed by atoms with E-state index in [2.05, 4.69) is 6.92 Å². The molecular formula is C16H21NO3. The van der Waals surface area contributed by atoms with E-state index in [1.807, 2.05) is 6.92 Å². The molecule has 0 aliphatic heterocycles. The van der Waals surface area contributed by atoms with Crippen LogP contribution in [0, 0.1) is 0 Å². The molecule has 0 aliphatic rings. The van der Waals surface area contributed by atoms with Crippen molar-refractivity contribution in [1.82, 2.24) is 4.90 Å². The molecular weight excluding hydrogens is 254 g/mol. The van der Waals surface area contributed by atoms with Crippen molar-refractivity contribution in [2.45, 2.75) is 32.7 Å². The van der Waals surface area contributed by atoms with Crippen LogP contribution in [-0.4, -0.2) is 35.0 Å². The molecule has 0 heterocycles. The summed E-state index contributed by atoms with van der Waals surface area (Å²) in [5.74, 6) is -1.05. The molecule has 1 N–H and O–H groups in total. The third-order valence-corrected chi connectivity index (χ3v) is 3.24. The molecule has 0 aliphatic carbocycles. The highest BCUT2D eigenvalue weighted by Crippen LogP contribution is 2.13. The Bertz CT molecular complexity index is 508. The molecule has 1 aromatic carbocycles. The van der Waals surface area contributed by atoms with Crippen LogP contribution in [0.5, 0.6) is 0 Å². The molecule has 0 spiro atoms. The molecule has 1 rings (SSSR count). The van der Waals surface area contributed by atoms with Crippen LogP contribution in [-0.2, 0) is 4.79 Å². The number of hydrogen-bond donors (Lipinski definition) is 1. The predicted molar refractivity (Wildman–Crippen MR) is 79.6 cm³/mol. The van der Waals surface area contributed by atoms with E-state index in [1.54, 1.807) is 36.2 Å². The zero-order valence-corrected chi connectivity index (χ0v) is 12.2. The van der Waals surface area contributed by atoms with E-state index in [9.17, 15) is 9.59 Å². The zero-order chi connectivity index (χ0) is 15.1. The SMILES string of the molecule is CCCC(C)N(C)C(=O)c1cccc(C=CC(=O)O)c1. The van der Waals surface area contributed by atoms with Gasteiger partial charge in [0.2, 0.25) is 0 Å². The molecule has 0 radical (unpaired) electrons. The van der Waals surface area contributed by atoms with Gasteiger partial charge in [-0.2, -0.15) is 0 Å². The third-order valence-electron chi connectivity index (χ3n) is 3.24. The standard InChI is InChI=1S/C16H21NO3/c1-4-6-12(2)17(3)16(20)14-8-5-7-13(11-14)9-10-15(18)19/h5,7-12H,4,6H2,1-3H3,(H,18,19). The minimum absolute atomic E-state index is 0.0449. The summed E-state index contributed by atoms with van der Waals surface area (Å²) in [7, 11) is 1.79. The van der Waals surface area contributed by atoms with Crippen LogP contribution in [0.1, 0.15) is 42.6 Å². The highest BCUT2D eigenvalue weighted by molar-refractivity contribution is 5.95. The molecule has 4 heteroatoms. The van der Waals surface area contributed by atoms with Crippen molar-refractivity contribution in [2.24, 2.45) is 0 Å². The number of carbonyl (C=O) groups excluding carboxylic acids is 1. The summed E-state index contributed by atoms with van der Waals surface area (Å²) in [5.41, 5.74) is 1.28. The maximum absolute atomic E-state index is 12.3. The molecule has 0 fully saturated rings. The molecule has 4 nitrogen and oxygen atoms in total. The Balaban J connectivity index is 2.88. The van der Waals surface area contributed by atoms with Gasteiger partial charge in [-0.1, -0.05) is 25.5 Å². The van der Waals surface area contributed by atoms with Gasteiger partial charge in [-0.3, -0.25) is 4.79 Å². The first-order valence-corrected chi connectivity index (χ1v) is 6.74. The normalized spacial score (nSPS) is 12.3. The van der Waals surface area contributed by atoms with Gasteiger partial charge in [-0.25, -0.2) is 4.79 Å². The van der Waals surface area contributed by atoms with E-state index in [-0.39, 0.29) is 11.9 Å². The number of carbonyl (C=O) groups is 2. The van der Waals surface area contributed by atoms with E-state index in [0.29, 0.717) is 11.1 Å². The summed E-state index contributed by atoms with van der Waals surface area (Å²) in [6.07, 6.45) is 4.53. The highest BCUT2D eigenvalue weighted by Gasteiger charge is 2.16. The number of carboxylic acids is 1. The molecule has 1 unspecified atom stereocenters. The Morgan fingerprint density at radius 2 is 2.10 bits per heavy atom. The van der Waals surface area contributed by atoms with Crippen LogP contribution >= 0.6 is 0 Å². The van der Waals surface area contributed by atoms with E-state index in [0.717, 1.165) is 18.9 Å². The Morgan fingerprint density at radius 1 is 1.40 bits per heavy atom. The molecule has 20 heavy (non-hydrogen) atoms. The molecule has 0 aromatic heterocycles. The average Bonchev–Trinajstić information content (AvgIpc) is 2.44. The first kappa shape index (κ1) is 16.0. The Morgan fingerprint density at radius 3 is 2.70 bits per heavy atom. The van der Waals surface area contributed by atoms with Crippen LogP contribution in [0.3, 0.4) is 0 Å². The lowest BCUT2D eigenvalue weighted by atomic mass is 10.1. The summed E-state index contributed by atoms with van der Waals surface area (Å²) in [4.78, 5) is 24.6. The summed E-state index contributed by atoms with van der Waals surface area (Å²) in [6.45, 7) is 4.11. The number of aliphatic carboxylic acids is 1. The van der Waals surface area contributed by atoms with E-state index < -0.39 is 5.97 Å². The Hall–Kier alpha value is -2.10. The number of nitrogens with zero attached hydrogens (tertiary/aromatic N) is 1. The van der Waals surface area contributed by atoms with Crippen molar-refractivity contribution < 1.29 is 14.7 Å². The van der Waals surface area contributed by atoms with Crippen LogP contribution in [0.2, 0.25) is 0 Å². The number of carboxylic acid groups (broad SMARTS) is 1. The van der Waals surface area contributed by atoms with E-state index >= 15 is 0 Å². The van der Waals surface area contributed by atoms with Crippen molar-refractivity contribution in [3.8, 4) is 0 Å². The molecule has 1 aromatic rings. The van der Waals surface area contributed by atoms with Crippen molar-refractivity contribution in [1.29, 1.82) is 0 Å². The smallest absolute Gasteiger partial charge is 0.328 e. The molecule has 1 amide bonds. The molecule has 108 valence electrons. The Kier molecular flexibility index (Phi) is 5.97. The quantitative estimate of drug-likeness (QED) is 0.812. The van der Waals surface area contributed by atoms with Gasteiger partial charge in [0, 0.05) is 24.7 Å². The minimum Gasteiger partial charge on any atom is -0.478 e. The summed E-state index contributed by atoms with van der Waals surface area (Å²) >= 11 is 0. The number of rotatable bonds is 6. The molecule has 0 bridgehead atoms. The number of amides is 1. The first-order valence-electron chi connectivity index (χ1n) is 6.74. The lowest BCUT2D eigenvalue weighted by molar-refractivity contribution is -0.131. The maximum Gasteiger partial charge on any atom is 0.328 e. The van der Waals surface area contributed by atoms with Crippen LogP contribution in [0.4, 0.5) is 0 Å². The van der Waals surface area contributed by atoms with Crippen molar-refractivity contribution in [2.75, 3.05) is 7.05 Å². The van der Waals surface area contributed by atoms with Gasteiger partial charge < -0.3 is 10.0 Å². The largest absolute Gasteiger partial charge is 0.478 e. The van der Waals surface area contributed by atoms with Gasteiger partial charge in [-0.15, -0.1) is 0 Å². The topological polar surface area (TPSA) is 57.6 Å². The number of benzene rings is 1. The molecule has 1 atom stereocenters. The average molecular weight is 275 g/mol. The summed E-state index contributed by atoms with van der Waals surface area (Å²) in [6, 6.07) is 7.16. The van der Waals surface area contributed by atoms with E-state index in [1.165, 1.54) is 6.08 Å². The van der Waals surface area contributed by atoms with Crippen molar-refractivity contribution in [3.63, 3.8) is 0 Å². The number of hydrogen-bond acceptors (Lipinski definition) is 2. The fraction of sp³-hybridized carbons (Fsp3) is 0.375. The predicted octanol–water partition coefficient (Wildman–Crippen LogP) is 3.05. The monoisotopic (exact) mass is 275 g/mol. The minimum atomic E-state index is -1.00. The maximum atomic E-state index is 12.3. The lowest BCUT2D eigenvalue weighted by Gasteiger charge is -2.24. The van der Waals surface area contributed by atoms with Crippen LogP contribution in [0.25, 0.3) is 6.08 Å². The highest BCUT2D eigenvalue weighted by atomic mass is 16.4. The van der Waals surface area contributed by atoms with Crippen molar-refractivity contribution in [3.05, 3.63) is 41.5 Å². The first-order chi connectivity index (χ1) is 9.45. The second kappa shape index (κ2) is 7.48. The molecule has 0 saturated carbocycles. The fourth-order valence-electron chi connectivity index (χ4n) is 1.96. The van der Waals surface area contributed by atoms with Gasteiger partial charge in [0.05, 0.1) is 0 Å².